The van der Waals surface area contributed by atoms with Gasteiger partial charge in [0.15, 0.2) is 5.78 Å². The summed E-state index contributed by atoms with van der Waals surface area (Å²) in [5.41, 5.74) is 4.56. The SMILES string of the molecule is COc1cc(CC(=O)CNc2cccc(C(CC(=O)O)NC(=O)c3ccccc3)c2)ccc1NC(=O)N(C)c1ccccc1C. The van der Waals surface area contributed by atoms with Crippen molar-refractivity contribution in [2.24, 2.45) is 0 Å². The van der Waals surface area contributed by atoms with E-state index in [9.17, 15) is 24.3 Å². The number of ether oxygens (including phenoxy) is 1. The molecule has 0 aliphatic rings. The number of benzene rings is 4. The van der Waals surface area contributed by atoms with Gasteiger partial charge < -0.3 is 25.8 Å². The number of para-hydroxylation sites is 1. The molecule has 1 unspecified atom stereocenters. The van der Waals surface area contributed by atoms with E-state index in [1.54, 1.807) is 79.8 Å². The van der Waals surface area contributed by atoms with Gasteiger partial charge in [0.2, 0.25) is 0 Å². The second kappa shape index (κ2) is 15.2. The molecule has 0 saturated heterocycles. The van der Waals surface area contributed by atoms with E-state index >= 15 is 0 Å². The predicted octanol–water partition coefficient (Wildman–Crippen LogP) is 5.84. The molecule has 3 amide bonds. The standard InChI is InChI=1S/C35H36N4O6/c1-23-10-7-8-15-31(23)39(2)35(44)38-29-17-16-24(19-32(29)45-3)18-28(40)22-36-27-14-9-13-26(20-27)30(21-33(41)42)37-34(43)25-11-5-4-6-12-25/h4-17,19-20,30,36H,18,21-22H2,1-3H3,(H,37,43)(H,38,44)(H,41,42). The molecule has 0 aliphatic carbocycles. The predicted molar refractivity (Wildman–Crippen MR) is 174 cm³/mol. The highest BCUT2D eigenvalue weighted by Gasteiger charge is 2.20. The fourth-order valence-corrected chi connectivity index (χ4v) is 4.81. The Kier molecular flexibility index (Phi) is 10.9. The molecule has 4 aromatic carbocycles. The fourth-order valence-electron chi connectivity index (χ4n) is 4.81. The van der Waals surface area contributed by atoms with Gasteiger partial charge in [-0.25, -0.2) is 4.79 Å². The van der Waals surface area contributed by atoms with Crippen LogP contribution in [0.2, 0.25) is 0 Å². The summed E-state index contributed by atoms with van der Waals surface area (Å²) >= 11 is 0. The molecule has 10 nitrogen and oxygen atoms in total. The van der Waals surface area contributed by atoms with Crippen molar-refractivity contribution >= 4 is 40.8 Å². The van der Waals surface area contributed by atoms with Gasteiger partial charge in [0.1, 0.15) is 5.75 Å². The van der Waals surface area contributed by atoms with Crippen LogP contribution in [0.15, 0.2) is 97.1 Å². The number of carbonyl (C=O) groups excluding carboxylic acids is 3. The Morgan fingerprint density at radius 1 is 0.889 bits per heavy atom. The van der Waals surface area contributed by atoms with E-state index in [2.05, 4.69) is 16.0 Å². The minimum atomic E-state index is -1.05. The minimum Gasteiger partial charge on any atom is -0.495 e. The number of ketones is 1. The van der Waals surface area contributed by atoms with Crippen LogP contribution in [0.4, 0.5) is 21.9 Å². The first kappa shape index (κ1) is 32.3. The minimum absolute atomic E-state index is 0.0193. The van der Waals surface area contributed by atoms with Crippen LogP contribution in [-0.2, 0) is 16.0 Å². The Morgan fingerprint density at radius 3 is 2.33 bits per heavy atom. The molecule has 0 fully saturated rings. The van der Waals surface area contributed by atoms with Gasteiger partial charge in [-0.1, -0.05) is 54.6 Å². The Labute approximate surface area is 262 Å². The zero-order chi connectivity index (χ0) is 32.3. The monoisotopic (exact) mass is 608 g/mol. The quantitative estimate of drug-likeness (QED) is 0.150. The highest BCUT2D eigenvalue weighted by molar-refractivity contribution is 6.02. The number of carboxylic acids is 1. The third-order valence-electron chi connectivity index (χ3n) is 7.19. The summed E-state index contributed by atoms with van der Waals surface area (Å²) in [7, 11) is 3.18. The number of rotatable bonds is 13. The van der Waals surface area contributed by atoms with Crippen LogP contribution in [0.1, 0.15) is 39.5 Å². The maximum absolute atomic E-state index is 12.9. The number of methoxy groups -OCH3 is 1. The Hall–Kier alpha value is -5.64. The van der Waals surface area contributed by atoms with E-state index in [1.807, 2.05) is 31.2 Å². The van der Waals surface area contributed by atoms with Crippen LogP contribution in [0.3, 0.4) is 0 Å². The zero-order valence-electron chi connectivity index (χ0n) is 25.4. The van der Waals surface area contributed by atoms with Crippen LogP contribution >= 0.6 is 0 Å². The number of aliphatic carboxylic acids is 1. The smallest absolute Gasteiger partial charge is 0.326 e. The van der Waals surface area contributed by atoms with Gasteiger partial charge in [-0.2, -0.15) is 0 Å². The first-order valence-corrected chi connectivity index (χ1v) is 14.3. The maximum Gasteiger partial charge on any atom is 0.326 e. The lowest BCUT2D eigenvalue weighted by Gasteiger charge is -2.21. The number of nitrogens with zero attached hydrogens (tertiary/aromatic N) is 1. The molecule has 4 N–H and O–H groups in total. The highest BCUT2D eigenvalue weighted by atomic mass is 16.5. The lowest BCUT2D eigenvalue weighted by molar-refractivity contribution is -0.137. The summed E-state index contributed by atoms with van der Waals surface area (Å²) in [5.74, 6) is -1.11. The van der Waals surface area contributed by atoms with Crippen molar-refractivity contribution in [2.45, 2.75) is 25.8 Å². The number of anilines is 3. The first-order chi connectivity index (χ1) is 21.6. The molecule has 4 aromatic rings. The second-order valence-corrected chi connectivity index (χ2v) is 10.5. The van der Waals surface area contributed by atoms with Gasteiger partial charge in [0.05, 0.1) is 31.8 Å². The molecule has 0 aliphatic heterocycles. The van der Waals surface area contributed by atoms with E-state index < -0.39 is 12.0 Å². The molecule has 0 saturated carbocycles. The molecule has 1 atom stereocenters. The van der Waals surface area contributed by atoms with E-state index in [0.29, 0.717) is 33.8 Å². The Balaban J connectivity index is 1.37. The summed E-state index contributed by atoms with van der Waals surface area (Å²) in [6, 6.07) is 27.2. The second-order valence-electron chi connectivity index (χ2n) is 10.5. The summed E-state index contributed by atoms with van der Waals surface area (Å²) in [6.45, 7) is 1.95. The Morgan fingerprint density at radius 2 is 1.62 bits per heavy atom. The van der Waals surface area contributed by atoms with Crippen LogP contribution in [-0.4, -0.2) is 49.5 Å². The van der Waals surface area contributed by atoms with E-state index in [1.165, 1.54) is 12.0 Å². The zero-order valence-corrected chi connectivity index (χ0v) is 25.4. The topological polar surface area (TPSA) is 137 Å². The van der Waals surface area contributed by atoms with Crippen molar-refractivity contribution in [3.63, 3.8) is 0 Å². The number of hydrogen-bond acceptors (Lipinski definition) is 6. The van der Waals surface area contributed by atoms with E-state index in [-0.39, 0.29) is 37.1 Å². The van der Waals surface area contributed by atoms with Crippen molar-refractivity contribution in [3.05, 3.63) is 119 Å². The summed E-state index contributed by atoms with van der Waals surface area (Å²) in [5, 5.41) is 18.2. The summed E-state index contributed by atoms with van der Waals surface area (Å²) < 4.78 is 5.49. The van der Waals surface area contributed by atoms with Gasteiger partial charge in [-0.05, 0) is 66.1 Å². The van der Waals surface area contributed by atoms with Gasteiger partial charge in [0, 0.05) is 30.4 Å². The number of urea groups is 1. The third kappa shape index (κ3) is 8.93. The molecular weight excluding hydrogens is 572 g/mol. The number of Topliss-reactive ketones (excluding diaryl/α,β-unsaturated/α-hetero) is 1. The molecule has 0 spiro atoms. The highest BCUT2D eigenvalue weighted by Crippen LogP contribution is 2.28. The third-order valence-corrected chi connectivity index (χ3v) is 7.19. The van der Waals surface area contributed by atoms with Gasteiger partial charge >= 0.3 is 12.0 Å². The number of hydrogen-bond donors (Lipinski definition) is 4. The number of carbonyl (C=O) groups is 4. The van der Waals surface area contributed by atoms with Crippen LogP contribution in [0, 0.1) is 6.92 Å². The van der Waals surface area contributed by atoms with Crippen LogP contribution < -0.4 is 25.6 Å². The van der Waals surface area contributed by atoms with E-state index in [4.69, 9.17) is 4.74 Å². The van der Waals surface area contributed by atoms with Crippen molar-refractivity contribution in [1.82, 2.24) is 5.32 Å². The molecule has 232 valence electrons. The van der Waals surface area contributed by atoms with Gasteiger partial charge in [-0.3, -0.25) is 19.3 Å². The average molecular weight is 609 g/mol. The van der Waals surface area contributed by atoms with Crippen molar-refractivity contribution < 1.29 is 29.0 Å². The summed E-state index contributed by atoms with van der Waals surface area (Å²) in [4.78, 5) is 51.6. The van der Waals surface area contributed by atoms with Gasteiger partial charge in [0.25, 0.3) is 5.91 Å². The largest absolute Gasteiger partial charge is 0.495 e. The number of carboxylic acid groups (broad SMARTS) is 1. The summed E-state index contributed by atoms with van der Waals surface area (Å²) in [6.07, 6.45) is -0.184. The number of aryl methyl sites for hydroxylation is 1. The fraction of sp³-hybridized carbons (Fsp3) is 0.200. The average Bonchev–Trinajstić information content (AvgIpc) is 3.04. The van der Waals surface area contributed by atoms with Crippen LogP contribution in [0.25, 0.3) is 0 Å². The molecule has 4 rings (SSSR count). The van der Waals surface area contributed by atoms with Gasteiger partial charge in [-0.15, -0.1) is 0 Å². The lowest BCUT2D eigenvalue weighted by atomic mass is 10.0. The molecule has 45 heavy (non-hydrogen) atoms. The molecule has 10 heteroatoms. The molecule has 0 radical (unpaired) electrons. The number of amides is 3. The molecule has 0 bridgehead atoms. The van der Waals surface area contributed by atoms with Crippen molar-refractivity contribution in [1.29, 1.82) is 0 Å². The number of nitrogens with one attached hydrogen (secondary N) is 3. The molecule has 0 aromatic heterocycles. The molecular formula is C35H36N4O6. The van der Waals surface area contributed by atoms with Crippen LogP contribution in [0.5, 0.6) is 5.75 Å². The molecule has 0 heterocycles. The Bertz CT molecular complexity index is 1670. The van der Waals surface area contributed by atoms with E-state index in [0.717, 1.165) is 11.3 Å². The van der Waals surface area contributed by atoms with Crippen molar-refractivity contribution in [3.8, 4) is 5.75 Å². The first-order valence-electron chi connectivity index (χ1n) is 14.3. The maximum atomic E-state index is 12.9. The normalized spacial score (nSPS) is 11.2. The lowest BCUT2D eigenvalue weighted by Crippen LogP contribution is -2.31. The van der Waals surface area contributed by atoms with Crippen molar-refractivity contribution in [2.75, 3.05) is 36.2 Å².